The molecule has 0 heterocycles. The van der Waals surface area contributed by atoms with E-state index in [1.807, 2.05) is 0 Å². The lowest BCUT2D eigenvalue weighted by molar-refractivity contribution is -0.137. The van der Waals surface area contributed by atoms with Crippen molar-refractivity contribution in [1.82, 2.24) is 0 Å². The highest BCUT2D eigenvalue weighted by atomic mass is 32.8. The maximum atomic E-state index is 11.0. The summed E-state index contributed by atoms with van der Waals surface area (Å²) in [6.07, 6.45) is 11.4. The number of carboxylic acid groups (broad SMARTS) is 1. The molecule has 0 aromatic carbocycles. The molecule has 19 heavy (non-hydrogen) atoms. The Morgan fingerprint density at radius 1 is 1.00 bits per heavy atom. The Labute approximate surface area is 121 Å². The van der Waals surface area contributed by atoms with E-state index < -0.39 is 14.7 Å². The number of carboxylic acids is 1. The summed E-state index contributed by atoms with van der Waals surface area (Å²) in [7, 11) is -2.45. The highest BCUT2D eigenvalue weighted by molar-refractivity contribution is 8.29. The fraction of sp³-hybridized carbons (Fsp3) is 0.923. The molecule has 0 radical (unpaired) electrons. The molecule has 1 atom stereocenters. The van der Waals surface area contributed by atoms with Crippen molar-refractivity contribution in [1.29, 1.82) is 0 Å². The van der Waals surface area contributed by atoms with E-state index in [1.165, 1.54) is 31.9 Å². The summed E-state index contributed by atoms with van der Waals surface area (Å²) in [6.45, 7) is 0.494. The molecule has 0 aromatic heterocycles. The van der Waals surface area contributed by atoms with Gasteiger partial charge in [-0.1, -0.05) is 44.9 Å². The van der Waals surface area contributed by atoms with Gasteiger partial charge in [-0.3, -0.25) is 8.98 Å². The third kappa shape index (κ3) is 17.8. The summed E-state index contributed by atoms with van der Waals surface area (Å²) < 4.78 is 16.1. The summed E-state index contributed by atoms with van der Waals surface area (Å²) in [5.41, 5.74) is 0. The smallest absolute Gasteiger partial charge is 0.303 e. The van der Waals surface area contributed by atoms with Crippen molar-refractivity contribution >= 4 is 25.9 Å². The zero-order valence-electron chi connectivity index (χ0n) is 11.8. The van der Waals surface area contributed by atoms with Crippen LogP contribution in [-0.4, -0.2) is 28.1 Å². The monoisotopic (exact) mass is 310 g/mol. The van der Waals surface area contributed by atoms with Gasteiger partial charge in [-0.15, -0.1) is 0 Å². The fourth-order valence-electron chi connectivity index (χ4n) is 1.83. The standard InChI is InChI=1S/C13H26O4S2/c1-19(16,18)17-12-10-8-6-4-2-3-5-7-9-11-13(14)15/h2-12H2,1H3,(H,14,15). The van der Waals surface area contributed by atoms with E-state index in [0.29, 0.717) is 13.0 Å². The van der Waals surface area contributed by atoms with Gasteiger partial charge < -0.3 is 5.11 Å². The van der Waals surface area contributed by atoms with Crippen LogP contribution in [0.15, 0.2) is 0 Å². The molecule has 1 N–H and O–H groups in total. The molecular formula is C13H26O4S2. The molecule has 0 spiro atoms. The van der Waals surface area contributed by atoms with Gasteiger partial charge in [0.15, 0.2) is 0 Å². The van der Waals surface area contributed by atoms with Crippen LogP contribution in [0, 0.1) is 0 Å². The minimum absolute atomic E-state index is 0.295. The average Bonchev–Trinajstić information content (AvgIpc) is 2.28. The van der Waals surface area contributed by atoms with Crippen molar-refractivity contribution in [3.05, 3.63) is 0 Å². The van der Waals surface area contributed by atoms with Gasteiger partial charge in [0.25, 0.3) is 0 Å². The Morgan fingerprint density at radius 2 is 1.42 bits per heavy atom. The number of carbonyl (C=O) groups is 1. The van der Waals surface area contributed by atoms with E-state index in [-0.39, 0.29) is 0 Å². The largest absolute Gasteiger partial charge is 0.481 e. The Kier molecular flexibility index (Phi) is 11.5. The van der Waals surface area contributed by atoms with E-state index in [1.54, 1.807) is 0 Å². The predicted octanol–water partition coefficient (Wildman–Crippen LogP) is 3.28. The van der Waals surface area contributed by atoms with Crippen molar-refractivity contribution in [2.45, 2.75) is 64.2 Å². The molecule has 0 saturated heterocycles. The van der Waals surface area contributed by atoms with E-state index in [9.17, 15) is 9.00 Å². The van der Waals surface area contributed by atoms with Crippen molar-refractivity contribution in [3.63, 3.8) is 0 Å². The lowest BCUT2D eigenvalue weighted by Crippen LogP contribution is -2.02. The van der Waals surface area contributed by atoms with Crippen LogP contribution in [-0.2, 0) is 28.9 Å². The molecule has 0 aliphatic carbocycles. The van der Waals surface area contributed by atoms with Crippen LogP contribution in [0.25, 0.3) is 0 Å². The molecule has 0 aliphatic rings. The second-order valence-corrected chi connectivity index (χ2v) is 8.31. The summed E-state index contributed by atoms with van der Waals surface area (Å²) in [5.74, 6) is -0.697. The summed E-state index contributed by atoms with van der Waals surface area (Å²) in [4.78, 5) is 10.3. The Bertz CT molecular complexity index is 326. The molecular weight excluding hydrogens is 284 g/mol. The van der Waals surface area contributed by atoms with Gasteiger partial charge in [-0.05, 0) is 12.8 Å². The minimum atomic E-state index is -2.45. The molecule has 114 valence electrons. The van der Waals surface area contributed by atoms with Crippen LogP contribution < -0.4 is 0 Å². The number of aliphatic carboxylic acids is 1. The van der Waals surface area contributed by atoms with Crippen molar-refractivity contribution in [2.75, 3.05) is 12.9 Å². The maximum Gasteiger partial charge on any atom is 0.303 e. The molecule has 0 aromatic rings. The van der Waals surface area contributed by atoms with Crippen molar-refractivity contribution in [3.8, 4) is 0 Å². The zero-order chi connectivity index (χ0) is 14.6. The first-order valence-electron chi connectivity index (χ1n) is 6.98. The zero-order valence-corrected chi connectivity index (χ0v) is 13.4. The van der Waals surface area contributed by atoms with Crippen LogP contribution in [0.5, 0.6) is 0 Å². The second-order valence-electron chi connectivity index (χ2n) is 4.85. The first kappa shape index (κ1) is 18.8. The number of rotatable bonds is 13. The molecule has 0 saturated carbocycles. The van der Waals surface area contributed by atoms with Gasteiger partial charge in [0.05, 0.1) is 6.61 Å². The average molecular weight is 310 g/mol. The van der Waals surface area contributed by atoms with Crippen LogP contribution in [0.2, 0.25) is 0 Å². The Morgan fingerprint density at radius 3 is 1.84 bits per heavy atom. The summed E-state index contributed by atoms with van der Waals surface area (Å²) in [5, 5.41) is 8.47. The second kappa shape index (κ2) is 11.6. The third-order valence-corrected chi connectivity index (χ3v) is 3.72. The van der Waals surface area contributed by atoms with Gasteiger partial charge >= 0.3 is 5.97 Å². The summed E-state index contributed by atoms with van der Waals surface area (Å²) in [6, 6.07) is 0. The molecule has 0 fully saturated rings. The van der Waals surface area contributed by atoms with Gasteiger partial charge in [0.1, 0.15) is 8.77 Å². The number of hydrogen-bond acceptors (Lipinski definition) is 4. The van der Waals surface area contributed by atoms with Gasteiger partial charge in [0, 0.05) is 23.9 Å². The fourth-order valence-corrected chi connectivity index (χ4v) is 2.45. The first-order chi connectivity index (χ1) is 8.92. The lowest BCUT2D eigenvalue weighted by Gasteiger charge is -2.03. The van der Waals surface area contributed by atoms with Crippen molar-refractivity contribution < 1.29 is 18.3 Å². The molecule has 1 unspecified atom stereocenters. The van der Waals surface area contributed by atoms with Gasteiger partial charge in [0.2, 0.25) is 0 Å². The van der Waals surface area contributed by atoms with E-state index >= 15 is 0 Å². The maximum absolute atomic E-state index is 11.0. The first-order valence-corrected chi connectivity index (χ1v) is 9.79. The van der Waals surface area contributed by atoms with Crippen LogP contribution in [0.4, 0.5) is 0 Å². The van der Waals surface area contributed by atoms with Crippen LogP contribution >= 0.6 is 0 Å². The van der Waals surface area contributed by atoms with E-state index in [0.717, 1.165) is 32.1 Å². The molecule has 0 aliphatic heterocycles. The molecule has 4 nitrogen and oxygen atoms in total. The van der Waals surface area contributed by atoms with Gasteiger partial charge in [-0.25, -0.2) is 4.21 Å². The molecule has 0 bridgehead atoms. The SMILES string of the molecule is CS(=O)(=S)OCCCCCCCCCCCC(=O)O. The quantitative estimate of drug-likeness (QED) is 0.529. The minimum Gasteiger partial charge on any atom is -0.481 e. The van der Waals surface area contributed by atoms with E-state index in [4.69, 9.17) is 9.29 Å². The topological polar surface area (TPSA) is 63.6 Å². The van der Waals surface area contributed by atoms with Gasteiger partial charge in [-0.2, -0.15) is 0 Å². The van der Waals surface area contributed by atoms with Crippen LogP contribution in [0.3, 0.4) is 0 Å². The highest BCUT2D eigenvalue weighted by Crippen LogP contribution is 2.10. The van der Waals surface area contributed by atoms with Crippen molar-refractivity contribution in [2.24, 2.45) is 0 Å². The molecule has 0 amide bonds. The number of hydrogen-bond donors (Lipinski definition) is 1. The normalized spacial score (nSPS) is 14.2. The molecule has 0 rings (SSSR count). The predicted molar refractivity (Wildman–Crippen MR) is 81.2 cm³/mol. The third-order valence-electron chi connectivity index (χ3n) is 2.83. The summed E-state index contributed by atoms with van der Waals surface area (Å²) >= 11 is 4.64. The lowest BCUT2D eigenvalue weighted by atomic mass is 10.1. The Balaban J connectivity index is 3.09. The number of unbranched alkanes of at least 4 members (excludes halogenated alkanes) is 8. The van der Waals surface area contributed by atoms with E-state index in [2.05, 4.69) is 11.2 Å². The highest BCUT2D eigenvalue weighted by Gasteiger charge is 1.98. The van der Waals surface area contributed by atoms with Crippen LogP contribution in [0.1, 0.15) is 64.2 Å². The molecule has 6 heteroatoms. The Hall–Kier alpha value is -0.200.